The number of amides is 1. The number of fused-ring (bicyclic) bond motifs is 1. The van der Waals surface area contributed by atoms with Crippen molar-refractivity contribution >= 4 is 5.91 Å². The Morgan fingerprint density at radius 3 is 3.13 bits per heavy atom. The molecule has 2 aliphatic heterocycles. The van der Waals surface area contributed by atoms with Crippen LogP contribution in [0.2, 0.25) is 0 Å². The van der Waals surface area contributed by atoms with Gasteiger partial charge in [0.05, 0.1) is 19.3 Å². The van der Waals surface area contributed by atoms with Crippen molar-refractivity contribution < 1.29 is 14.3 Å². The molecular weight excluding hydrogens is 296 g/mol. The van der Waals surface area contributed by atoms with Crippen LogP contribution in [-0.4, -0.2) is 52.6 Å². The monoisotopic (exact) mass is 322 g/mol. The minimum atomic E-state index is 0.0527. The third-order valence-electron chi connectivity index (χ3n) is 4.51. The number of carbonyl (C=O) groups is 1. The van der Waals surface area contributed by atoms with Crippen LogP contribution in [0.4, 0.5) is 0 Å². The summed E-state index contributed by atoms with van der Waals surface area (Å²) in [6, 6.07) is 0.162. The van der Waals surface area contributed by atoms with E-state index in [9.17, 15) is 4.79 Å². The van der Waals surface area contributed by atoms with Crippen molar-refractivity contribution in [2.45, 2.75) is 64.1 Å². The maximum absolute atomic E-state index is 12.0. The van der Waals surface area contributed by atoms with Gasteiger partial charge in [-0.3, -0.25) is 4.79 Å². The molecule has 23 heavy (non-hydrogen) atoms. The lowest BCUT2D eigenvalue weighted by Crippen LogP contribution is -2.41. The molecule has 1 saturated heterocycles. The van der Waals surface area contributed by atoms with E-state index in [1.54, 1.807) is 0 Å². The van der Waals surface area contributed by atoms with Gasteiger partial charge in [0.25, 0.3) is 0 Å². The standard InChI is InChI=1S/C16H26N4O3/c1-2-14-18-19-15-6-5-12(10-20(14)15)17-16(21)7-9-22-11-13-4-3-8-23-13/h12-13H,2-11H2,1H3,(H,17,21). The summed E-state index contributed by atoms with van der Waals surface area (Å²) in [6.07, 6.45) is 5.45. The maximum atomic E-state index is 12.0. The third-order valence-corrected chi connectivity index (χ3v) is 4.51. The van der Waals surface area contributed by atoms with Crippen molar-refractivity contribution in [3.8, 4) is 0 Å². The number of nitrogens with one attached hydrogen (secondary N) is 1. The van der Waals surface area contributed by atoms with Crippen LogP contribution in [0.1, 0.15) is 44.3 Å². The van der Waals surface area contributed by atoms with E-state index in [0.717, 1.165) is 56.9 Å². The first kappa shape index (κ1) is 16.4. The van der Waals surface area contributed by atoms with E-state index < -0.39 is 0 Å². The average Bonchev–Trinajstić information content (AvgIpc) is 3.20. The number of rotatable bonds is 7. The quantitative estimate of drug-likeness (QED) is 0.753. The smallest absolute Gasteiger partial charge is 0.222 e. The van der Waals surface area contributed by atoms with Gasteiger partial charge >= 0.3 is 0 Å². The van der Waals surface area contributed by atoms with E-state index in [1.807, 2.05) is 0 Å². The lowest BCUT2D eigenvalue weighted by Gasteiger charge is -2.25. The zero-order valence-corrected chi connectivity index (χ0v) is 13.8. The van der Waals surface area contributed by atoms with E-state index in [4.69, 9.17) is 9.47 Å². The van der Waals surface area contributed by atoms with Gasteiger partial charge in [0.15, 0.2) is 0 Å². The second kappa shape index (κ2) is 7.88. The van der Waals surface area contributed by atoms with E-state index in [1.165, 1.54) is 0 Å². The van der Waals surface area contributed by atoms with Gasteiger partial charge < -0.3 is 19.4 Å². The molecular formula is C16H26N4O3. The SMILES string of the molecule is CCc1nnc2n1CC(NC(=O)CCOCC1CCCO1)CC2. The van der Waals surface area contributed by atoms with Crippen molar-refractivity contribution in [3.63, 3.8) is 0 Å². The lowest BCUT2D eigenvalue weighted by molar-refractivity contribution is -0.123. The molecule has 0 spiro atoms. The topological polar surface area (TPSA) is 78.3 Å². The average molecular weight is 322 g/mol. The summed E-state index contributed by atoms with van der Waals surface area (Å²) in [4.78, 5) is 12.0. The first-order chi connectivity index (χ1) is 11.3. The Kier molecular flexibility index (Phi) is 5.61. The third kappa shape index (κ3) is 4.29. The van der Waals surface area contributed by atoms with Crippen LogP contribution in [0, 0.1) is 0 Å². The Balaban J connectivity index is 1.37. The summed E-state index contributed by atoms with van der Waals surface area (Å²) in [5.41, 5.74) is 0. The van der Waals surface area contributed by atoms with Gasteiger partial charge in [-0.2, -0.15) is 0 Å². The number of aromatic nitrogens is 3. The Morgan fingerprint density at radius 1 is 1.43 bits per heavy atom. The van der Waals surface area contributed by atoms with Crippen molar-refractivity contribution in [2.24, 2.45) is 0 Å². The molecule has 128 valence electrons. The largest absolute Gasteiger partial charge is 0.378 e. The fourth-order valence-corrected chi connectivity index (χ4v) is 3.22. The van der Waals surface area contributed by atoms with E-state index in [0.29, 0.717) is 19.6 Å². The molecule has 7 heteroatoms. The number of aryl methyl sites for hydroxylation is 2. The summed E-state index contributed by atoms with van der Waals surface area (Å²) in [5, 5.41) is 11.5. The Bertz CT molecular complexity index is 512. The molecule has 0 saturated carbocycles. The highest BCUT2D eigenvalue weighted by atomic mass is 16.5. The number of nitrogens with zero attached hydrogens (tertiary/aromatic N) is 3. The molecule has 0 aromatic carbocycles. The predicted molar refractivity (Wildman–Crippen MR) is 84.1 cm³/mol. The van der Waals surface area contributed by atoms with Crippen LogP contribution in [0.25, 0.3) is 0 Å². The summed E-state index contributed by atoms with van der Waals surface area (Å²) in [5.74, 6) is 2.09. The molecule has 0 bridgehead atoms. The van der Waals surface area contributed by atoms with Crippen molar-refractivity contribution in [1.29, 1.82) is 0 Å². The molecule has 0 radical (unpaired) electrons. The van der Waals surface area contributed by atoms with Gasteiger partial charge in [-0.05, 0) is 19.3 Å². The van der Waals surface area contributed by atoms with Gasteiger partial charge in [0.2, 0.25) is 5.91 Å². The van der Waals surface area contributed by atoms with Gasteiger partial charge in [-0.1, -0.05) is 6.92 Å². The van der Waals surface area contributed by atoms with E-state index in [2.05, 4.69) is 27.0 Å². The summed E-state index contributed by atoms with van der Waals surface area (Å²) >= 11 is 0. The molecule has 1 aromatic rings. The Morgan fingerprint density at radius 2 is 2.35 bits per heavy atom. The first-order valence-corrected chi connectivity index (χ1v) is 8.66. The fourth-order valence-electron chi connectivity index (χ4n) is 3.22. The maximum Gasteiger partial charge on any atom is 0.222 e. The normalized spacial score (nSPS) is 23.7. The molecule has 7 nitrogen and oxygen atoms in total. The summed E-state index contributed by atoms with van der Waals surface area (Å²) < 4.78 is 13.2. The molecule has 2 atom stereocenters. The minimum Gasteiger partial charge on any atom is -0.378 e. The van der Waals surface area contributed by atoms with Crippen LogP contribution in [0.5, 0.6) is 0 Å². The predicted octanol–water partition coefficient (Wildman–Crippen LogP) is 0.857. The Labute approximate surface area is 136 Å². The highest BCUT2D eigenvalue weighted by Gasteiger charge is 2.23. The fraction of sp³-hybridized carbons (Fsp3) is 0.812. The van der Waals surface area contributed by atoms with Crippen molar-refractivity contribution in [1.82, 2.24) is 20.1 Å². The van der Waals surface area contributed by atoms with Crippen LogP contribution in [-0.2, 0) is 33.7 Å². The van der Waals surface area contributed by atoms with Crippen molar-refractivity contribution in [3.05, 3.63) is 11.6 Å². The van der Waals surface area contributed by atoms with E-state index >= 15 is 0 Å². The molecule has 3 heterocycles. The van der Waals surface area contributed by atoms with Gasteiger partial charge in [0, 0.05) is 38.5 Å². The lowest BCUT2D eigenvalue weighted by atomic mass is 10.1. The van der Waals surface area contributed by atoms with E-state index in [-0.39, 0.29) is 18.1 Å². The molecule has 0 aliphatic carbocycles. The minimum absolute atomic E-state index is 0.0527. The molecule has 2 aliphatic rings. The van der Waals surface area contributed by atoms with Gasteiger partial charge in [-0.25, -0.2) is 0 Å². The van der Waals surface area contributed by atoms with Gasteiger partial charge in [-0.15, -0.1) is 10.2 Å². The molecule has 1 amide bonds. The number of hydrogen-bond donors (Lipinski definition) is 1. The van der Waals surface area contributed by atoms with Crippen molar-refractivity contribution in [2.75, 3.05) is 19.8 Å². The molecule has 1 aromatic heterocycles. The summed E-state index contributed by atoms with van der Waals surface area (Å²) in [6.45, 7) is 4.73. The second-order valence-electron chi connectivity index (χ2n) is 6.26. The molecule has 2 unspecified atom stereocenters. The zero-order valence-electron chi connectivity index (χ0n) is 13.8. The highest BCUT2D eigenvalue weighted by Crippen LogP contribution is 2.15. The van der Waals surface area contributed by atoms with Crippen LogP contribution >= 0.6 is 0 Å². The van der Waals surface area contributed by atoms with Gasteiger partial charge in [0.1, 0.15) is 11.6 Å². The molecule has 3 rings (SSSR count). The van der Waals surface area contributed by atoms with Crippen LogP contribution < -0.4 is 5.32 Å². The van der Waals surface area contributed by atoms with Crippen LogP contribution in [0.3, 0.4) is 0 Å². The highest BCUT2D eigenvalue weighted by molar-refractivity contribution is 5.76. The number of ether oxygens (including phenoxy) is 2. The molecule has 1 N–H and O–H groups in total. The second-order valence-corrected chi connectivity index (χ2v) is 6.26. The first-order valence-electron chi connectivity index (χ1n) is 8.66. The molecule has 1 fully saturated rings. The van der Waals surface area contributed by atoms with Crippen LogP contribution in [0.15, 0.2) is 0 Å². The zero-order chi connectivity index (χ0) is 16.1. The summed E-state index contributed by atoms with van der Waals surface area (Å²) in [7, 11) is 0. The number of hydrogen-bond acceptors (Lipinski definition) is 5. The Hall–Kier alpha value is -1.47. The number of carbonyl (C=O) groups excluding carboxylic acids is 1.